The van der Waals surface area contributed by atoms with E-state index in [0.29, 0.717) is 0 Å². The normalized spacial score (nSPS) is 35.6. The molecule has 1 fully saturated rings. The van der Waals surface area contributed by atoms with Gasteiger partial charge in [0.25, 0.3) is 0 Å². The van der Waals surface area contributed by atoms with E-state index in [1.54, 1.807) is 0 Å². The quantitative estimate of drug-likeness (QED) is 0.479. The first-order chi connectivity index (χ1) is 3.60. The molecule has 1 saturated heterocycles. The maximum absolute atomic E-state index is 11.8. The zero-order chi connectivity index (χ0) is 6.20. The molecule has 48 valence electrons. The van der Waals surface area contributed by atoms with Gasteiger partial charge in [-0.25, -0.2) is 0 Å². The van der Waals surface area contributed by atoms with E-state index in [1.165, 1.54) is 6.92 Å². The van der Waals surface area contributed by atoms with Gasteiger partial charge in [0.2, 0.25) is 0 Å². The van der Waals surface area contributed by atoms with Gasteiger partial charge in [-0.1, -0.05) is 0 Å². The summed E-state index contributed by atoms with van der Waals surface area (Å²) in [7, 11) is 0. The molecule has 1 aliphatic heterocycles. The van der Waals surface area contributed by atoms with Crippen molar-refractivity contribution in [3.05, 3.63) is 0 Å². The van der Waals surface area contributed by atoms with Gasteiger partial charge in [-0.15, -0.1) is 8.78 Å². The van der Waals surface area contributed by atoms with Crippen molar-refractivity contribution in [2.75, 3.05) is 6.61 Å². The lowest BCUT2D eigenvalue weighted by Gasteiger charge is -2.03. The number of alkyl halides is 2. The second-order valence-electron chi connectivity index (χ2n) is 1.70. The second-order valence-corrected chi connectivity index (χ2v) is 1.70. The predicted octanol–water partition coefficient (Wildman–Crippen LogP) is 0.972. The minimum Gasteiger partial charge on any atom is -0.293 e. The molecule has 1 unspecified atom stereocenters. The zero-order valence-corrected chi connectivity index (χ0v) is 4.36. The van der Waals surface area contributed by atoms with E-state index in [4.69, 9.17) is 0 Å². The lowest BCUT2D eigenvalue weighted by molar-refractivity contribution is -0.345. The van der Waals surface area contributed by atoms with Crippen LogP contribution in [0.1, 0.15) is 6.92 Å². The number of hydrogen-bond donors (Lipinski definition) is 0. The van der Waals surface area contributed by atoms with Crippen molar-refractivity contribution >= 4 is 0 Å². The average Bonchev–Trinajstić information content (AvgIpc) is 1.82. The monoisotopic (exact) mass is 124 g/mol. The lowest BCUT2D eigenvalue weighted by atomic mass is 10.5. The Balaban J connectivity index is 2.44. The summed E-state index contributed by atoms with van der Waals surface area (Å²) in [6.07, 6.45) is -3.82. The van der Waals surface area contributed by atoms with Gasteiger partial charge in [0.1, 0.15) is 0 Å². The molecule has 0 aliphatic carbocycles. The van der Waals surface area contributed by atoms with Crippen molar-refractivity contribution in [3.63, 3.8) is 0 Å². The third-order valence-electron chi connectivity index (χ3n) is 0.824. The SMILES string of the molecule is CC1COC(F)(F)O1. The number of rotatable bonds is 0. The fourth-order valence-electron chi connectivity index (χ4n) is 0.517. The summed E-state index contributed by atoms with van der Waals surface area (Å²) in [4.78, 5) is 0. The Labute approximate surface area is 45.4 Å². The zero-order valence-electron chi connectivity index (χ0n) is 4.36. The van der Waals surface area contributed by atoms with Crippen LogP contribution in [0.25, 0.3) is 0 Å². The van der Waals surface area contributed by atoms with Crippen molar-refractivity contribution < 1.29 is 18.3 Å². The van der Waals surface area contributed by atoms with Gasteiger partial charge in [-0.2, -0.15) is 0 Å². The molecule has 0 aromatic carbocycles. The van der Waals surface area contributed by atoms with E-state index in [1.807, 2.05) is 0 Å². The molecule has 0 saturated carbocycles. The van der Waals surface area contributed by atoms with Crippen LogP contribution in [0.3, 0.4) is 0 Å². The van der Waals surface area contributed by atoms with Gasteiger partial charge < -0.3 is 0 Å². The summed E-state index contributed by atoms with van der Waals surface area (Å²) in [5.74, 6) is 0. The Morgan fingerprint density at radius 3 is 2.38 bits per heavy atom. The smallest absolute Gasteiger partial charge is 0.293 e. The van der Waals surface area contributed by atoms with Crippen LogP contribution < -0.4 is 0 Å². The summed E-state index contributed by atoms with van der Waals surface area (Å²) >= 11 is 0. The Kier molecular flexibility index (Phi) is 1.21. The topological polar surface area (TPSA) is 18.5 Å². The molecule has 0 spiro atoms. The Bertz CT molecular complexity index is 94.0. The van der Waals surface area contributed by atoms with Gasteiger partial charge in [0.15, 0.2) is 0 Å². The van der Waals surface area contributed by atoms with E-state index in [-0.39, 0.29) is 6.61 Å². The molecular formula is C4H6F2O2. The van der Waals surface area contributed by atoms with Crippen LogP contribution in [0.4, 0.5) is 8.78 Å². The highest BCUT2D eigenvalue weighted by Gasteiger charge is 2.40. The molecule has 4 heteroatoms. The van der Waals surface area contributed by atoms with Crippen molar-refractivity contribution in [3.8, 4) is 0 Å². The first kappa shape index (κ1) is 5.91. The van der Waals surface area contributed by atoms with Gasteiger partial charge in [-0.3, -0.25) is 9.47 Å². The van der Waals surface area contributed by atoms with Crippen LogP contribution in [0, 0.1) is 0 Å². The first-order valence-electron chi connectivity index (χ1n) is 2.30. The summed E-state index contributed by atoms with van der Waals surface area (Å²) in [6, 6.07) is 0. The fourth-order valence-corrected chi connectivity index (χ4v) is 0.517. The molecular weight excluding hydrogens is 118 g/mol. The molecule has 0 radical (unpaired) electrons. The standard InChI is InChI=1S/C4H6F2O2/c1-3-2-7-4(5,6)8-3/h3H,2H2,1H3. The van der Waals surface area contributed by atoms with Crippen LogP contribution in [0.2, 0.25) is 0 Å². The Hall–Kier alpha value is -0.220. The molecule has 0 aromatic heterocycles. The highest BCUT2D eigenvalue weighted by atomic mass is 19.3. The third-order valence-corrected chi connectivity index (χ3v) is 0.824. The third kappa shape index (κ3) is 1.14. The van der Waals surface area contributed by atoms with Crippen LogP contribution in [-0.2, 0) is 9.47 Å². The van der Waals surface area contributed by atoms with Crippen LogP contribution >= 0.6 is 0 Å². The first-order valence-corrected chi connectivity index (χ1v) is 2.30. The van der Waals surface area contributed by atoms with Crippen LogP contribution in [0.15, 0.2) is 0 Å². The van der Waals surface area contributed by atoms with Crippen LogP contribution in [-0.4, -0.2) is 19.0 Å². The minimum atomic E-state index is -3.33. The average molecular weight is 124 g/mol. The summed E-state index contributed by atoms with van der Waals surface area (Å²) in [5, 5.41) is 0. The Morgan fingerprint density at radius 1 is 1.62 bits per heavy atom. The summed E-state index contributed by atoms with van der Waals surface area (Å²) in [5.41, 5.74) is 0. The maximum Gasteiger partial charge on any atom is 0.485 e. The molecule has 1 aliphatic rings. The summed E-state index contributed by atoms with van der Waals surface area (Å²) in [6.45, 7) is 1.51. The van der Waals surface area contributed by atoms with E-state index in [9.17, 15) is 8.78 Å². The molecule has 1 atom stereocenters. The van der Waals surface area contributed by atoms with E-state index < -0.39 is 12.4 Å². The van der Waals surface area contributed by atoms with Gasteiger partial charge in [0.05, 0.1) is 12.7 Å². The number of halogens is 2. The molecule has 0 bridgehead atoms. The van der Waals surface area contributed by atoms with Gasteiger partial charge >= 0.3 is 6.29 Å². The number of hydrogen-bond acceptors (Lipinski definition) is 2. The minimum absolute atomic E-state index is 0.0208. The molecule has 0 N–H and O–H groups in total. The fraction of sp³-hybridized carbons (Fsp3) is 1.00. The predicted molar refractivity (Wildman–Crippen MR) is 21.4 cm³/mol. The molecule has 2 nitrogen and oxygen atoms in total. The van der Waals surface area contributed by atoms with Crippen molar-refractivity contribution in [2.24, 2.45) is 0 Å². The van der Waals surface area contributed by atoms with E-state index in [0.717, 1.165) is 0 Å². The molecule has 0 amide bonds. The van der Waals surface area contributed by atoms with Crippen molar-refractivity contribution in [1.82, 2.24) is 0 Å². The van der Waals surface area contributed by atoms with E-state index >= 15 is 0 Å². The van der Waals surface area contributed by atoms with Gasteiger partial charge in [-0.05, 0) is 6.92 Å². The Morgan fingerprint density at radius 2 is 2.25 bits per heavy atom. The molecule has 1 rings (SSSR count). The molecule has 1 heterocycles. The lowest BCUT2D eigenvalue weighted by Crippen LogP contribution is -2.16. The number of ether oxygens (including phenoxy) is 2. The van der Waals surface area contributed by atoms with Crippen molar-refractivity contribution in [1.29, 1.82) is 0 Å². The highest BCUT2D eigenvalue weighted by Crippen LogP contribution is 2.25. The van der Waals surface area contributed by atoms with E-state index in [2.05, 4.69) is 9.47 Å². The molecule has 0 aromatic rings. The largest absolute Gasteiger partial charge is 0.485 e. The van der Waals surface area contributed by atoms with Crippen molar-refractivity contribution in [2.45, 2.75) is 19.3 Å². The van der Waals surface area contributed by atoms with Gasteiger partial charge in [0, 0.05) is 0 Å². The highest BCUT2D eigenvalue weighted by molar-refractivity contribution is 4.55. The summed E-state index contributed by atoms with van der Waals surface area (Å²) < 4.78 is 31.4. The van der Waals surface area contributed by atoms with Crippen LogP contribution in [0.5, 0.6) is 0 Å². The molecule has 8 heavy (non-hydrogen) atoms. The maximum atomic E-state index is 11.8. The second kappa shape index (κ2) is 1.63.